The number of methoxy groups -OCH3 is 2. The van der Waals surface area contributed by atoms with Crippen LogP contribution in [-0.4, -0.2) is 76.1 Å². The zero-order valence-electron chi connectivity index (χ0n) is 32.5. The molecule has 3 N–H and O–H groups in total. The molecule has 13 heteroatoms. The number of carbonyl (C=O) groups is 3. The van der Waals surface area contributed by atoms with Gasteiger partial charge in [0.05, 0.1) is 25.9 Å². The number of pyridine rings is 1. The zero-order chi connectivity index (χ0) is 39.6. The molecule has 1 saturated carbocycles. The molecule has 0 unspecified atom stereocenters. The number of fused-ring (bicyclic) bond motifs is 1. The van der Waals surface area contributed by atoms with Gasteiger partial charge in [-0.05, 0) is 88.2 Å². The van der Waals surface area contributed by atoms with E-state index in [4.69, 9.17) is 14.2 Å². The summed E-state index contributed by atoms with van der Waals surface area (Å²) in [7, 11) is 7.15. The summed E-state index contributed by atoms with van der Waals surface area (Å²) in [6, 6.07) is 23.6. The maximum Gasteiger partial charge on any atom is 0.237 e. The third kappa shape index (κ3) is 12.0. The SMILES string of the molecule is CCC=O.CNc1ccc(N2CCC(NC)CC2)cc1.COc1cc2nccc(Oc3cccc(NC(=O)C4(C=O)CC4)c3)c2cc1OC.Cc1ccno1. The molecule has 2 aliphatic rings. The molecule has 0 radical (unpaired) electrons. The highest BCUT2D eigenvalue weighted by molar-refractivity contribution is 6.07. The Kier molecular flexibility index (Phi) is 16.0. The molecular formula is C42H52N6O7. The predicted octanol–water partition coefficient (Wildman–Crippen LogP) is 7.46. The quantitative estimate of drug-likeness (QED) is 0.0906. The summed E-state index contributed by atoms with van der Waals surface area (Å²) in [5.74, 6) is 2.86. The van der Waals surface area contributed by atoms with Gasteiger partial charge in [-0.3, -0.25) is 9.78 Å². The van der Waals surface area contributed by atoms with Crippen molar-refractivity contribution in [3.63, 3.8) is 0 Å². The van der Waals surface area contributed by atoms with Crippen molar-refractivity contribution in [3.8, 4) is 23.0 Å². The van der Waals surface area contributed by atoms with Gasteiger partial charge in [-0.2, -0.15) is 0 Å². The molecule has 1 amide bonds. The van der Waals surface area contributed by atoms with Gasteiger partial charge in [-0.25, -0.2) is 0 Å². The van der Waals surface area contributed by atoms with Gasteiger partial charge in [0, 0.05) is 79.4 Å². The summed E-state index contributed by atoms with van der Waals surface area (Å²) >= 11 is 0. The minimum absolute atomic E-state index is 0.282. The summed E-state index contributed by atoms with van der Waals surface area (Å²) in [6.07, 6.45) is 9.17. The van der Waals surface area contributed by atoms with Crippen LogP contribution >= 0.6 is 0 Å². The molecule has 0 spiro atoms. The van der Waals surface area contributed by atoms with Crippen LogP contribution in [0.1, 0.15) is 44.8 Å². The van der Waals surface area contributed by atoms with Crippen LogP contribution in [0.5, 0.6) is 23.0 Å². The lowest BCUT2D eigenvalue weighted by molar-refractivity contribution is -0.126. The van der Waals surface area contributed by atoms with Crippen molar-refractivity contribution in [1.82, 2.24) is 15.5 Å². The molecule has 7 rings (SSSR count). The molecule has 1 saturated heterocycles. The van der Waals surface area contributed by atoms with Crippen molar-refractivity contribution in [2.24, 2.45) is 5.41 Å². The van der Waals surface area contributed by atoms with Gasteiger partial charge in [-0.15, -0.1) is 0 Å². The molecule has 2 aromatic heterocycles. The predicted molar refractivity (Wildman–Crippen MR) is 216 cm³/mol. The first-order valence-electron chi connectivity index (χ1n) is 18.3. The Hall–Kier alpha value is -5.95. The number of rotatable bonds is 11. The van der Waals surface area contributed by atoms with Crippen LogP contribution in [0, 0.1) is 12.3 Å². The van der Waals surface area contributed by atoms with E-state index in [-0.39, 0.29) is 5.91 Å². The van der Waals surface area contributed by atoms with Crippen molar-refractivity contribution >= 4 is 46.4 Å². The number of benzene rings is 3. The van der Waals surface area contributed by atoms with Crippen LogP contribution < -0.4 is 35.1 Å². The molecule has 1 aliphatic carbocycles. The summed E-state index contributed by atoms with van der Waals surface area (Å²) in [5.41, 5.74) is 2.92. The number of hydrogen-bond acceptors (Lipinski definition) is 12. The number of hydrogen-bond donors (Lipinski definition) is 3. The van der Waals surface area contributed by atoms with E-state index in [1.54, 1.807) is 69.1 Å². The monoisotopic (exact) mass is 752 g/mol. The van der Waals surface area contributed by atoms with Crippen LogP contribution in [0.4, 0.5) is 17.1 Å². The van der Waals surface area contributed by atoms with Crippen LogP contribution in [-0.2, 0) is 14.4 Å². The number of carbonyl (C=O) groups excluding carboxylic acids is 3. The molecule has 292 valence electrons. The Morgan fingerprint density at radius 3 is 2.13 bits per heavy atom. The fourth-order valence-corrected chi connectivity index (χ4v) is 5.63. The highest BCUT2D eigenvalue weighted by Gasteiger charge is 2.50. The third-order valence-electron chi connectivity index (χ3n) is 9.15. The van der Waals surface area contributed by atoms with Crippen molar-refractivity contribution in [2.45, 2.75) is 52.0 Å². The molecule has 3 aromatic carbocycles. The number of ether oxygens (including phenoxy) is 3. The summed E-state index contributed by atoms with van der Waals surface area (Å²) in [4.78, 5) is 39.4. The van der Waals surface area contributed by atoms with Gasteiger partial charge >= 0.3 is 0 Å². The lowest BCUT2D eigenvalue weighted by Gasteiger charge is -2.33. The number of aryl methyl sites for hydroxylation is 1. The van der Waals surface area contributed by atoms with Gasteiger partial charge < -0.3 is 49.2 Å². The topological polar surface area (TPSA) is 157 Å². The van der Waals surface area contributed by atoms with E-state index >= 15 is 0 Å². The molecule has 5 aromatic rings. The highest BCUT2D eigenvalue weighted by Crippen LogP contribution is 2.44. The lowest BCUT2D eigenvalue weighted by Crippen LogP contribution is -2.41. The van der Waals surface area contributed by atoms with Crippen molar-refractivity contribution in [1.29, 1.82) is 0 Å². The largest absolute Gasteiger partial charge is 0.493 e. The zero-order valence-corrected chi connectivity index (χ0v) is 32.5. The average molecular weight is 753 g/mol. The number of nitrogens with one attached hydrogen (secondary N) is 3. The first kappa shape index (κ1) is 41.8. The van der Waals surface area contributed by atoms with E-state index in [1.165, 1.54) is 24.2 Å². The minimum Gasteiger partial charge on any atom is -0.493 e. The average Bonchev–Trinajstić information content (AvgIpc) is 3.90. The molecule has 3 heterocycles. The second-order valence-corrected chi connectivity index (χ2v) is 12.9. The fraction of sp³-hybridized carbons (Fsp3) is 0.357. The Balaban J connectivity index is 0.000000214. The summed E-state index contributed by atoms with van der Waals surface area (Å²) in [6.45, 7) is 5.98. The lowest BCUT2D eigenvalue weighted by atomic mass is 10.0. The van der Waals surface area contributed by atoms with Crippen molar-refractivity contribution in [3.05, 3.63) is 91.0 Å². The van der Waals surface area contributed by atoms with Gasteiger partial charge in [0.1, 0.15) is 35.2 Å². The van der Waals surface area contributed by atoms with E-state index in [0.717, 1.165) is 36.8 Å². The normalized spacial score (nSPS) is 14.0. The minimum atomic E-state index is -0.867. The standard InChI is InChI=1S/C22H20N2O5.C13H21N3.C4H5NO.C3H6O/c1-27-19-11-16-17(12-20(19)28-2)23-9-6-18(16)29-15-5-3-4-14(10-15)24-21(26)22(13-25)7-8-22;1-14-11-3-5-13(6-4-11)16-9-7-12(15-2)8-10-16;1-4-2-3-5-6-4;1-2-3-4/h3-6,9-13H,7-8H2,1-2H3,(H,24,26);3-6,12,14-15H,7-10H2,1-2H3;2-3H,1H3;3H,2H2,1H3. The summed E-state index contributed by atoms with van der Waals surface area (Å²) in [5, 5.41) is 13.5. The number of aromatic nitrogens is 2. The number of amides is 1. The summed E-state index contributed by atoms with van der Waals surface area (Å²) < 4.78 is 21.3. The van der Waals surface area contributed by atoms with E-state index in [2.05, 4.69) is 66.8 Å². The molecule has 1 aliphatic heterocycles. The number of nitrogens with zero attached hydrogens (tertiary/aromatic N) is 3. The van der Waals surface area contributed by atoms with Crippen LogP contribution in [0.2, 0.25) is 0 Å². The number of anilines is 3. The van der Waals surface area contributed by atoms with Crippen molar-refractivity contribution < 1.29 is 33.1 Å². The molecule has 13 nitrogen and oxygen atoms in total. The van der Waals surface area contributed by atoms with E-state index in [1.807, 2.05) is 27.0 Å². The molecular weight excluding hydrogens is 700 g/mol. The second kappa shape index (κ2) is 21.1. The number of aldehydes is 2. The Morgan fingerprint density at radius 2 is 1.60 bits per heavy atom. The van der Waals surface area contributed by atoms with Gasteiger partial charge in [-0.1, -0.05) is 18.1 Å². The third-order valence-corrected chi connectivity index (χ3v) is 9.15. The van der Waals surface area contributed by atoms with E-state index in [9.17, 15) is 14.4 Å². The maximum atomic E-state index is 12.3. The fourth-order valence-electron chi connectivity index (χ4n) is 5.63. The van der Waals surface area contributed by atoms with E-state index < -0.39 is 5.41 Å². The molecule has 0 bridgehead atoms. The Labute approximate surface area is 322 Å². The van der Waals surface area contributed by atoms with Gasteiger partial charge in [0.2, 0.25) is 5.91 Å². The van der Waals surface area contributed by atoms with Crippen LogP contribution in [0.25, 0.3) is 10.9 Å². The van der Waals surface area contributed by atoms with E-state index in [0.29, 0.717) is 59.5 Å². The number of piperidine rings is 1. The Bertz CT molecular complexity index is 1940. The smallest absolute Gasteiger partial charge is 0.237 e. The first-order chi connectivity index (χ1) is 26.7. The molecule has 55 heavy (non-hydrogen) atoms. The van der Waals surface area contributed by atoms with Crippen LogP contribution in [0.3, 0.4) is 0 Å². The second-order valence-electron chi connectivity index (χ2n) is 12.9. The van der Waals surface area contributed by atoms with Gasteiger partial charge in [0.15, 0.2) is 11.5 Å². The highest BCUT2D eigenvalue weighted by atomic mass is 16.5. The molecule has 0 atom stereocenters. The molecule has 2 fully saturated rings. The first-order valence-corrected chi connectivity index (χ1v) is 18.3. The maximum absolute atomic E-state index is 12.3. The van der Waals surface area contributed by atoms with Gasteiger partial charge in [0.25, 0.3) is 0 Å². The van der Waals surface area contributed by atoms with Crippen LogP contribution in [0.15, 0.2) is 89.7 Å². The Morgan fingerprint density at radius 1 is 0.909 bits per heavy atom. The van der Waals surface area contributed by atoms with Crippen molar-refractivity contribution in [2.75, 3.05) is 56.9 Å².